The number of halogens is 1. The summed E-state index contributed by atoms with van der Waals surface area (Å²) in [4.78, 5) is 10.9. The van der Waals surface area contributed by atoms with Gasteiger partial charge in [0.05, 0.1) is 12.6 Å². The molecule has 0 aromatic heterocycles. The first-order valence-electron chi connectivity index (χ1n) is 4.58. The Morgan fingerprint density at radius 1 is 1.53 bits per heavy atom. The first-order chi connectivity index (χ1) is 7.16. The molecular formula is C10H10FNO3. The third-order valence-electron chi connectivity index (χ3n) is 2.31. The van der Waals surface area contributed by atoms with Gasteiger partial charge in [-0.1, -0.05) is 6.07 Å². The fraction of sp³-hybridized carbons (Fsp3) is 0.300. The van der Waals surface area contributed by atoms with Crippen LogP contribution < -0.4 is 5.32 Å². The van der Waals surface area contributed by atoms with Crippen LogP contribution in [0.2, 0.25) is 0 Å². The van der Waals surface area contributed by atoms with Crippen LogP contribution >= 0.6 is 0 Å². The van der Waals surface area contributed by atoms with Gasteiger partial charge in [0.1, 0.15) is 0 Å². The molecule has 0 radical (unpaired) electrons. The highest BCUT2D eigenvalue weighted by atomic mass is 19.1. The van der Waals surface area contributed by atoms with E-state index in [4.69, 9.17) is 9.84 Å². The second-order valence-electron chi connectivity index (χ2n) is 3.33. The minimum atomic E-state index is -0.687. The van der Waals surface area contributed by atoms with Gasteiger partial charge in [-0.05, 0) is 17.7 Å². The van der Waals surface area contributed by atoms with Crippen molar-refractivity contribution < 1.29 is 19.0 Å². The quantitative estimate of drug-likeness (QED) is 0.743. The number of phenols is 1. The highest BCUT2D eigenvalue weighted by Crippen LogP contribution is 2.24. The Bertz CT molecular complexity index is 394. The minimum Gasteiger partial charge on any atom is -0.505 e. The van der Waals surface area contributed by atoms with E-state index in [1.165, 1.54) is 12.1 Å². The highest BCUT2D eigenvalue weighted by molar-refractivity contribution is 5.68. The van der Waals surface area contributed by atoms with Crippen molar-refractivity contribution in [1.29, 1.82) is 0 Å². The Kier molecular flexibility index (Phi) is 2.45. The molecule has 1 heterocycles. The molecule has 0 spiro atoms. The van der Waals surface area contributed by atoms with Gasteiger partial charge in [0.2, 0.25) is 0 Å². The summed E-state index contributed by atoms with van der Waals surface area (Å²) < 4.78 is 17.7. The monoisotopic (exact) mass is 211 g/mol. The van der Waals surface area contributed by atoms with Crippen molar-refractivity contribution in [3.05, 3.63) is 29.6 Å². The number of carbonyl (C=O) groups is 1. The second-order valence-corrected chi connectivity index (χ2v) is 3.33. The number of nitrogens with one attached hydrogen (secondary N) is 1. The van der Waals surface area contributed by atoms with Gasteiger partial charge in [-0.2, -0.15) is 0 Å². The number of aromatic hydroxyl groups is 1. The van der Waals surface area contributed by atoms with E-state index >= 15 is 0 Å². The third-order valence-corrected chi connectivity index (χ3v) is 2.31. The first kappa shape index (κ1) is 9.76. The van der Waals surface area contributed by atoms with Crippen LogP contribution in [0.25, 0.3) is 0 Å². The van der Waals surface area contributed by atoms with Gasteiger partial charge in [0.15, 0.2) is 11.6 Å². The maximum atomic E-state index is 13.0. The summed E-state index contributed by atoms with van der Waals surface area (Å²) in [6.07, 6.45) is 0.0930. The Morgan fingerprint density at radius 3 is 3.00 bits per heavy atom. The number of hydrogen-bond donors (Lipinski definition) is 2. The predicted molar refractivity (Wildman–Crippen MR) is 49.9 cm³/mol. The van der Waals surface area contributed by atoms with E-state index in [1.54, 1.807) is 6.07 Å². The van der Waals surface area contributed by atoms with Gasteiger partial charge in [-0.25, -0.2) is 9.18 Å². The molecule has 15 heavy (non-hydrogen) atoms. The minimum absolute atomic E-state index is 0.249. The van der Waals surface area contributed by atoms with Crippen LogP contribution in [0.15, 0.2) is 18.2 Å². The summed E-state index contributed by atoms with van der Waals surface area (Å²) in [5, 5.41) is 11.6. The molecule has 5 heteroatoms. The lowest BCUT2D eigenvalue weighted by molar-refractivity contribution is 0.115. The summed E-state index contributed by atoms with van der Waals surface area (Å²) in [7, 11) is 0. The van der Waals surface area contributed by atoms with Crippen molar-refractivity contribution in [2.45, 2.75) is 12.5 Å². The molecule has 2 N–H and O–H groups in total. The van der Waals surface area contributed by atoms with Crippen molar-refractivity contribution in [1.82, 2.24) is 5.32 Å². The van der Waals surface area contributed by atoms with Crippen LogP contribution in [0.4, 0.5) is 9.18 Å². The summed E-state index contributed by atoms with van der Waals surface area (Å²) in [6.45, 7) is 0.318. The molecule has 4 nitrogen and oxygen atoms in total. The van der Waals surface area contributed by atoms with Crippen LogP contribution in [0, 0.1) is 5.82 Å². The number of ether oxygens (including phenoxy) is 1. The number of cyclic esters (lactones) is 1. The second kappa shape index (κ2) is 3.76. The molecule has 1 atom stereocenters. The van der Waals surface area contributed by atoms with Crippen molar-refractivity contribution in [2.75, 3.05) is 6.61 Å². The van der Waals surface area contributed by atoms with E-state index in [1.807, 2.05) is 0 Å². The Morgan fingerprint density at radius 2 is 2.33 bits per heavy atom. The molecule has 1 saturated heterocycles. The fourth-order valence-electron chi connectivity index (χ4n) is 1.52. The Hall–Kier alpha value is -1.78. The first-order valence-corrected chi connectivity index (χ1v) is 4.58. The number of benzene rings is 1. The number of carbonyl (C=O) groups excluding carboxylic acids is 1. The van der Waals surface area contributed by atoms with E-state index in [2.05, 4.69) is 5.32 Å². The van der Waals surface area contributed by atoms with Crippen LogP contribution in [0.5, 0.6) is 5.75 Å². The highest BCUT2D eigenvalue weighted by Gasteiger charge is 2.21. The Labute approximate surface area is 85.7 Å². The average molecular weight is 211 g/mol. The van der Waals surface area contributed by atoms with Gasteiger partial charge in [0.25, 0.3) is 0 Å². The summed E-state index contributed by atoms with van der Waals surface area (Å²) in [6, 6.07) is 3.81. The van der Waals surface area contributed by atoms with E-state index in [0.29, 0.717) is 18.6 Å². The number of rotatable bonds is 1. The normalized spacial score (nSPS) is 20.6. The predicted octanol–water partition coefficient (Wildman–Crippen LogP) is 1.70. The van der Waals surface area contributed by atoms with Crippen molar-refractivity contribution in [3.63, 3.8) is 0 Å². The van der Waals surface area contributed by atoms with E-state index in [9.17, 15) is 9.18 Å². The SMILES string of the molecule is O=C1N[C@H](c2ccc(O)c(F)c2)CCO1. The molecule has 0 aliphatic carbocycles. The van der Waals surface area contributed by atoms with E-state index in [0.717, 1.165) is 0 Å². The van der Waals surface area contributed by atoms with E-state index in [-0.39, 0.29) is 6.04 Å². The van der Waals surface area contributed by atoms with Crippen LogP contribution in [-0.2, 0) is 4.74 Å². The molecule has 1 aromatic carbocycles. The average Bonchev–Trinajstić information content (AvgIpc) is 2.22. The summed E-state index contributed by atoms with van der Waals surface area (Å²) >= 11 is 0. The lowest BCUT2D eigenvalue weighted by Crippen LogP contribution is -2.35. The van der Waals surface area contributed by atoms with Gasteiger partial charge in [0, 0.05) is 6.42 Å². The molecule has 80 valence electrons. The van der Waals surface area contributed by atoms with Gasteiger partial charge in [-0.3, -0.25) is 0 Å². The zero-order chi connectivity index (χ0) is 10.8. The van der Waals surface area contributed by atoms with E-state index < -0.39 is 17.7 Å². The summed E-state index contributed by atoms with van der Waals surface area (Å²) in [5.41, 5.74) is 0.627. The van der Waals surface area contributed by atoms with Gasteiger partial charge >= 0.3 is 6.09 Å². The maximum Gasteiger partial charge on any atom is 0.407 e. The molecule has 1 aliphatic heterocycles. The van der Waals surface area contributed by atoms with Crippen molar-refractivity contribution in [3.8, 4) is 5.75 Å². The molecule has 0 unspecified atom stereocenters. The lowest BCUT2D eigenvalue weighted by Gasteiger charge is -2.23. The molecule has 1 amide bonds. The van der Waals surface area contributed by atoms with Gasteiger partial charge in [-0.15, -0.1) is 0 Å². The Balaban J connectivity index is 2.21. The lowest BCUT2D eigenvalue weighted by atomic mass is 10.0. The summed E-state index contributed by atoms with van der Waals surface area (Å²) in [5.74, 6) is -1.08. The topological polar surface area (TPSA) is 58.6 Å². The largest absolute Gasteiger partial charge is 0.505 e. The molecular weight excluding hydrogens is 201 g/mol. The van der Waals surface area contributed by atoms with Crippen molar-refractivity contribution in [2.24, 2.45) is 0 Å². The number of phenolic OH excluding ortho intramolecular Hbond substituents is 1. The zero-order valence-corrected chi connectivity index (χ0v) is 7.87. The maximum absolute atomic E-state index is 13.0. The fourth-order valence-corrected chi connectivity index (χ4v) is 1.52. The molecule has 1 aromatic rings. The molecule has 1 aliphatic rings. The number of amides is 1. The van der Waals surface area contributed by atoms with Crippen LogP contribution in [0.1, 0.15) is 18.0 Å². The van der Waals surface area contributed by atoms with Crippen LogP contribution in [-0.4, -0.2) is 17.8 Å². The molecule has 1 fully saturated rings. The molecule has 0 saturated carbocycles. The van der Waals surface area contributed by atoms with Gasteiger partial charge < -0.3 is 15.2 Å². The molecule has 2 rings (SSSR count). The molecule has 0 bridgehead atoms. The number of hydrogen-bond acceptors (Lipinski definition) is 3. The smallest absolute Gasteiger partial charge is 0.407 e. The zero-order valence-electron chi connectivity index (χ0n) is 7.87. The van der Waals surface area contributed by atoms with Crippen LogP contribution in [0.3, 0.4) is 0 Å². The standard InChI is InChI=1S/C10H10FNO3/c11-7-5-6(1-2-9(7)13)8-3-4-15-10(14)12-8/h1-2,5,8,13H,3-4H2,(H,12,14)/t8-/m0/s1. The number of alkyl carbamates (subject to hydrolysis) is 1. The third kappa shape index (κ3) is 2.01. The van der Waals surface area contributed by atoms with Crippen molar-refractivity contribution >= 4 is 6.09 Å².